The number of likely N-dealkylation sites (N-methyl/N-ethyl adjacent to an activating group) is 1. The lowest BCUT2D eigenvalue weighted by atomic mass is 9.90. The molecule has 0 atom stereocenters. The highest BCUT2D eigenvalue weighted by Gasteiger charge is 2.37. The minimum absolute atomic E-state index is 0.0419. The summed E-state index contributed by atoms with van der Waals surface area (Å²) in [5.41, 5.74) is -1.90. The van der Waals surface area contributed by atoms with Crippen molar-refractivity contribution >= 4 is 17.7 Å². The SMILES string of the molecule is CN1CCN(C(=O)CSc2nc(C(C)(C)C)cc(C(F)(F)F)c2C#N)CC1. The fourth-order valence-electron chi connectivity index (χ4n) is 2.62. The molecule has 0 N–H and O–H groups in total. The van der Waals surface area contributed by atoms with Gasteiger partial charge in [-0.2, -0.15) is 18.4 Å². The molecule has 2 heterocycles. The van der Waals surface area contributed by atoms with Gasteiger partial charge in [-0.15, -0.1) is 0 Å². The number of carbonyl (C=O) groups is 1. The molecule has 0 aliphatic carbocycles. The minimum atomic E-state index is -4.66. The summed E-state index contributed by atoms with van der Waals surface area (Å²) in [5.74, 6) is -0.204. The normalized spacial score (nSPS) is 16.3. The number of pyridine rings is 1. The Balaban J connectivity index is 2.29. The fourth-order valence-corrected chi connectivity index (χ4v) is 3.52. The van der Waals surface area contributed by atoms with Crippen LogP contribution < -0.4 is 0 Å². The molecule has 1 amide bonds. The number of halogens is 3. The molecule has 1 aliphatic rings. The van der Waals surface area contributed by atoms with E-state index in [2.05, 4.69) is 9.88 Å². The van der Waals surface area contributed by atoms with Gasteiger partial charge in [0.1, 0.15) is 11.1 Å². The van der Waals surface area contributed by atoms with Gasteiger partial charge in [-0.1, -0.05) is 32.5 Å². The second-order valence-corrected chi connectivity index (χ2v) is 8.53. The molecule has 2 rings (SSSR count). The van der Waals surface area contributed by atoms with Gasteiger partial charge >= 0.3 is 6.18 Å². The van der Waals surface area contributed by atoms with Crippen molar-refractivity contribution in [2.75, 3.05) is 39.0 Å². The number of hydrogen-bond donors (Lipinski definition) is 0. The van der Waals surface area contributed by atoms with Gasteiger partial charge in [0.2, 0.25) is 5.91 Å². The number of aromatic nitrogens is 1. The van der Waals surface area contributed by atoms with Crippen LogP contribution in [0.1, 0.15) is 37.6 Å². The molecule has 1 aromatic heterocycles. The lowest BCUT2D eigenvalue weighted by Crippen LogP contribution is -2.47. The first-order chi connectivity index (χ1) is 12.4. The average Bonchev–Trinajstić information content (AvgIpc) is 2.57. The maximum absolute atomic E-state index is 13.4. The number of piperazine rings is 1. The van der Waals surface area contributed by atoms with Crippen molar-refractivity contribution in [3.05, 3.63) is 22.9 Å². The van der Waals surface area contributed by atoms with E-state index in [9.17, 15) is 23.2 Å². The first-order valence-corrected chi connectivity index (χ1v) is 9.54. The molecule has 0 radical (unpaired) electrons. The van der Waals surface area contributed by atoms with Gasteiger partial charge in [0.15, 0.2) is 0 Å². The summed E-state index contributed by atoms with van der Waals surface area (Å²) in [5, 5.41) is 9.25. The van der Waals surface area contributed by atoms with E-state index in [0.29, 0.717) is 13.1 Å². The molecule has 9 heteroatoms. The minimum Gasteiger partial charge on any atom is -0.339 e. The second kappa shape index (κ2) is 8.07. The maximum Gasteiger partial charge on any atom is 0.417 e. The summed E-state index contributed by atoms with van der Waals surface area (Å²) in [7, 11) is 1.97. The predicted molar refractivity (Wildman–Crippen MR) is 97.5 cm³/mol. The van der Waals surface area contributed by atoms with E-state index in [1.165, 1.54) is 0 Å². The molecule has 0 unspecified atom stereocenters. The quantitative estimate of drug-likeness (QED) is 0.730. The highest BCUT2D eigenvalue weighted by Crippen LogP contribution is 2.38. The van der Waals surface area contributed by atoms with Crippen molar-refractivity contribution in [1.29, 1.82) is 5.26 Å². The standard InChI is InChI=1S/C18H23F3N4OS/c1-17(2,3)14-9-13(18(19,20)21)12(10-22)16(23-14)27-11-15(26)25-7-5-24(4)6-8-25/h9H,5-8,11H2,1-4H3. The number of alkyl halides is 3. The van der Waals surface area contributed by atoms with Crippen LogP contribution in [0.25, 0.3) is 0 Å². The topological polar surface area (TPSA) is 60.2 Å². The Morgan fingerprint density at radius 2 is 1.85 bits per heavy atom. The molecule has 5 nitrogen and oxygen atoms in total. The third-order valence-corrected chi connectivity index (χ3v) is 5.32. The smallest absolute Gasteiger partial charge is 0.339 e. The van der Waals surface area contributed by atoms with Gasteiger partial charge in [-0.05, 0) is 13.1 Å². The van der Waals surface area contributed by atoms with Crippen LogP contribution in [0.5, 0.6) is 0 Å². The van der Waals surface area contributed by atoms with E-state index >= 15 is 0 Å². The van der Waals surface area contributed by atoms with Crippen molar-refractivity contribution in [2.45, 2.75) is 37.4 Å². The molecule has 1 aromatic rings. The first-order valence-electron chi connectivity index (χ1n) is 8.55. The summed E-state index contributed by atoms with van der Waals surface area (Å²) >= 11 is 0.896. The molecule has 0 bridgehead atoms. The number of carbonyl (C=O) groups excluding carboxylic acids is 1. The fraction of sp³-hybridized carbons (Fsp3) is 0.611. The molecule has 27 heavy (non-hydrogen) atoms. The number of rotatable bonds is 3. The average molecular weight is 400 g/mol. The van der Waals surface area contributed by atoms with E-state index in [1.54, 1.807) is 31.7 Å². The molecular weight excluding hydrogens is 377 g/mol. The molecule has 0 saturated carbocycles. The van der Waals surface area contributed by atoms with Gasteiger partial charge in [0.25, 0.3) is 0 Å². The van der Waals surface area contributed by atoms with E-state index in [1.807, 2.05) is 7.05 Å². The lowest BCUT2D eigenvalue weighted by molar-refractivity contribution is -0.138. The summed E-state index contributed by atoms with van der Waals surface area (Å²) in [6.45, 7) is 7.96. The van der Waals surface area contributed by atoms with Crippen molar-refractivity contribution in [3.8, 4) is 6.07 Å². The van der Waals surface area contributed by atoms with Crippen LogP contribution in [0.2, 0.25) is 0 Å². The monoisotopic (exact) mass is 400 g/mol. The summed E-state index contributed by atoms with van der Waals surface area (Å²) in [6.07, 6.45) is -4.66. The van der Waals surface area contributed by atoms with E-state index in [-0.39, 0.29) is 22.4 Å². The van der Waals surface area contributed by atoms with E-state index in [4.69, 9.17) is 0 Å². The van der Waals surface area contributed by atoms with Crippen LogP contribution in [0.4, 0.5) is 13.2 Å². The Morgan fingerprint density at radius 3 is 2.33 bits per heavy atom. The molecule has 0 spiro atoms. The Bertz CT molecular complexity index is 745. The Hall–Kier alpha value is -1.79. The van der Waals surface area contributed by atoms with Crippen LogP contribution in [0, 0.1) is 11.3 Å². The predicted octanol–water partition coefficient (Wildman–Crippen LogP) is 3.14. The zero-order chi connectivity index (χ0) is 20.4. The van der Waals surface area contributed by atoms with E-state index in [0.717, 1.165) is 30.9 Å². The maximum atomic E-state index is 13.4. The van der Waals surface area contributed by atoms with Crippen LogP contribution in [-0.4, -0.2) is 59.7 Å². The molecule has 0 aromatic carbocycles. The zero-order valence-corrected chi connectivity index (χ0v) is 16.7. The molecule has 1 fully saturated rings. The third kappa shape index (κ3) is 5.36. The van der Waals surface area contributed by atoms with Gasteiger partial charge in [0, 0.05) is 37.3 Å². The lowest BCUT2D eigenvalue weighted by Gasteiger charge is -2.32. The van der Waals surface area contributed by atoms with E-state index < -0.39 is 22.7 Å². The number of hydrogen-bond acceptors (Lipinski definition) is 5. The Morgan fingerprint density at radius 1 is 1.26 bits per heavy atom. The van der Waals surface area contributed by atoms with Gasteiger partial charge in [-0.3, -0.25) is 4.79 Å². The zero-order valence-electron chi connectivity index (χ0n) is 15.9. The summed E-state index contributed by atoms with van der Waals surface area (Å²) in [6, 6.07) is 2.56. The molecular formula is C18H23F3N4OS. The van der Waals surface area contributed by atoms with Gasteiger partial charge in [0.05, 0.1) is 16.9 Å². The summed E-state index contributed by atoms with van der Waals surface area (Å²) < 4.78 is 40.3. The number of nitriles is 1. The number of nitrogens with zero attached hydrogens (tertiary/aromatic N) is 4. The van der Waals surface area contributed by atoms with Crippen molar-refractivity contribution in [2.24, 2.45) is 0 Å². The highest BCUT2D eigenvalue weighted by molar-refractivity contribution is 8.00. The van der Waals surface area contributed by atoms with Crippen LogP contribution >= 0.6 is 11.8 Å². The largest absolute Gasteiger partial charge is 0.417 e. The number of amides is 1. The van der Waals surface area contributed by atoms with Crippen LogP contribution in [0.3, 0.4) is 0 Å². The highest BCUT2D eigenvalue weighted by atomic mass is 32.2. The summed E-state index contributed by atoms with van der Waals surface area (Å²) in [4.78, 5) is 20.5. The van der Waals surface area contributed by atoms with Crippen molar-refractivity contribution < 1.29 is 18.0 Å². The van der Waals surface area contributed by atoms with Crippen molar-refractivity contribution in [3.63, 3.8) is 0 Å². The van der Waals surface area contributed by atoms with Gasteiger partial charge in [-0.25, -0.2) is 4.98 Å². The molecule has 1 saturated heterocycles. The first kappa shape index (κ1) is 21.5. The van der Waals surface area contributed by atoms with Crippen LogP contribution in [-0.2, 0) is 16.4 Å². The Labute approximate surface area is 161 Å². The van der Waals surface area contributed by atoms with Crippen molar-refractivity contribution in [1.82, 2.24) is 14.8 Å². The number of thioether (sulfide) groups is 1. The third-order valence-electron chi connectivity index (χ3n) is 4.36. The van der Waals surface area contributed by atoms with Crippen LogP contribution in [0.15, 0.2) is 11.1 Å². The van der Waals surface area contributed by atoms with Gasteiger partial charge < -0.3 is 9.80 Å². The molecule has 1 aliphatic heterocycles. The Kier molecular flexibility index (Phi) is 6.43. The molecule has 148 valence electrons. The second-order valence-electron chi connectivity index (χ2n) is 7.57.